The van der Waals surface area contributed by atoms with E-state index in [1.165, 1.54) is 12.8 Å². The molecule has 1 aromatic rings. The summed E-state index contributed by atoms with van der Waals surface area (Å²) in [7, 11) is 0. The molecule has 0 unspecified atom stereocenters. The van der Waals surface area contributed by atoms with Crippen molar-refractivity contribution in [1.29, 1.82) is 0 Å². The lowest BCUT2D eigenvalue weighted by Crippen LogP contribution is -2.61. The van der Waals surface area contributed by atoms with Crippen LogP contribution in [0.4, 0.5) is 5.95 Å². The van der Waals surface area contributed by atoms with E-state index in [-0.39, 0.29) is 0 Å². The molecule has 4 heteroatoms. The van der Waals surface area contributed by atoms with Gasteiger partial charge in [0.05, 0.1) is 0 Å². The Morgan fingerprint density at radius 1 is 1.44 bits per heavy atom. The van der Waals surface area contributed by atoms with Crippen LogP contribution in [0.25, 0.3) is 0 Å². The lowest BCUT2D eigenvalue weighted by atomic mass is 9.75. The molecule has 2 aliphatic rings. The van der Waals surface area contributed by atoms with Crippen LogP contribution in [-0.4, -0.2) is 36.1 Å². The molecule has 2 aliphatic heterocycles. The van der Waals surface area contributed by atoms with E-state index in [2.05, 4.69) is 20.2 Å². The average Bonchev–Trinajstić information content (AvgIpc) is 2.27. The molecule has 16 heavy (non-hydrogen) atoms. The highest BCUT2D eigenvalue weighted by Gasteiger charge is 2.41. The topological polar surface area (TPSA) is 41.1 Å². The van der Waals surface area contributed by atoms with E-state index < -0.39 is 0 Å². The Bertz CT molecular complexity index is 386. The van der Waals surface area contributed by atoms with Gasteiger partial charge in [0.15, 0.2) is 0 Å². The van der Waals surface area contributed by atoms with E-state index in [1.54, 1.807) is 0 Å². The zero-order valence-corrected chi connectivity index (χ0v) is 9.74. The molecule has 1 N–H and O–H groups in total. The van der Waals surface area contributed by atoms with Crippen molar-refractivity contribution >= 4 is 5.95 Å². The summed E-state index contributed by atoms with van der Waals surface area (Å²) in [4.78, 5) is 11.2. The standard InChI is InChI=1S/C12H18N4/c1-10-3-5-14-11(15-10)16-6-2-4-12(9-16)7-13-8-12/h3,5,13H,2,4,6-9H2,1H3. The number of nitrogens with zero attached hydrogens (tertiary/aromatic N) is 3. The van der Waals surface area contributed by atoms with E-state index in [0.29, 0.717) is 5.41 Å². The number of aryl methyl sites for hydroxylation is 1. The maximum absolute atomic E-state index is 4.52. The minimum atomic E-state index is 0.505. The molecule has 2 fully saturated rings. The molecule has 2 saturated heterocycles. The second-order valence-corrected chi connectivity index (χ2v) is 5.13. The van der Waals surface area contributed by atoms with Crippen LogP contribution in [0, 0.1) is 12.3 Å². The maximum atomic E-state index is 4.52. The third kappa shape index (κ3) is 1.67. The first-order valence-corrected chi connectivity index (χ1v) is 6.03. The van der Waals surface area contributed by atoms with Gasteiger partial charge in [-0.05, 0) is 25.8 Å². The fourth-order valence-corrected chi connectivity index (χ4v) is 2.73. The number of aromatic nitrogens is 2. The van der Waals surface area contributed by atoms with E-state index in [1.807, 2.05) is 19.2 Å². The summed E-state index contributed by atoms with van der Waals surface area (Å²) in [5.74, 6) is 0.908. The average molecular weight is 218 g/mol. The Morgan fingerprint density at radius 3 is 3.00 bits per heavy atom. The van der Waals surface area contributed by atoms with Gasteiger partial charge in [-0.1, -0.05) is 0 Å². The first kappa shape index (κ1) is 10.0. The lowest BCUT2D eigenvalue weighted by molar-refractivity contribution is 0.137. The zero-order chi connectivity index (χ0) is 11.0. The van der Waals surface area contributed by atoms with Crippen molar-refractivity contribution in [3.05, 3.63) is 18.0 Å². The first-order valence-electron chi connectivity index (χ1n) is 6.03. The van der Waals surface area contributed by atoms with Crippen LogP contribution in [0.15, 0.2) is 12.3 Å². The summed E-state index contributed by atoms with van der Waals surface area (Å²) in [5.41, 5.74) is 1.56. The van der Waals surface area contributed by atoms with Crippen molar-refractivity contribution in [2.45, 2.75) is 19.8 Å². The van der Waals surface area contributed by atoms with Crippen molar-refractivity contribution in [1.82, 2.24) is 15.3 Å². The third-order valence-corrected chi connectivity index (χ3v) is 3.73. The van der Waals surface area contributed by atoms with Crippen LogP contribution in [0.2, 0.25) is 0 Å². The fourth-order valence-electron chi connectivity index (χ4n) is 2.73. The van der Waals surface area contributed by atoms with Gasteiger partial charge < -0.3 is 10.2 Å². The molecule has 0 aliphatic carbocycles. The van der Waals surface area contributed by atoms with E-state index >= 15 is 0 Å². The highest BCUT2D eigenvalue weighted by molar-refractivity contribution is 5.32. The summed E-state index contributed by atoms with van der Waals surface area (Å²) in [6.07, 6.45) is 4.47. The molecule has 1 spiro atoms. The predicted molar refractivity (Wildman–Crippen MR) is 63.5 cm³/mol. The Hall–Kier alpha value is -1.16. The summed E-state index contributed by atoms with van der Waals surface area (Å²) >= 11 is 0. The van der Waals surface area contributed by atoms with Gasteiger partial charge in [0.2, 0.25) is 5.95 Å². The van der Waals surface area contributed by atoms with E-state index in [4.69, 9.17) is 0 Å². The van der Waals surface area contributed by atoms with E-state index in [0.717, 1.165) is 37.8 Å². The quantitative estimate of drug-likeness (QED) is 0.762. The van der Waals surface area contributed by atoms with Crippen LogP contribution >= 0.6 is 0 Å². The van der Waals surface area contributed by atoms with Crippen molar-refractivity contribution in [3.63, 3.8) is 0 Å². The predicted octanol–water partition coefficient (Wildman–Crippen LogP) is 0.975. The molecule has 3 heterocycles. The van der Waals surface area contributed by atoms with Gasteiger partial charge in [0.25, 0.3) is 0 Å². The zero-order valence-electron chi connectivity index (χ0n) is 9.74. The molecule has 0 saturated carbocycles. The molecule has 86 valence electrons. The van der Waals surface area contributed by atoms with Gasteiger partial charge in [-0.3, -0.25) is 0 Å². The van der Waals surface area contributed by atoms with Crippen molar-refractivity contribution in [2.75, 3.05) is 31.1 Å². The number of piperidine rings is 1. The first-order chi connectivity index (χ1) is 7.77. The molecule has 3 rings (SSSR count). The molecule has 0 amide bonds. The highest BCUT2D eigenvalue weighted by atomic mass is 15.3. The Kier molecular flexibility index (Phi) is 2.32. The van der Waals surface area contributed by atoms with Gasteiger partial charge in [-0.2, -0.15) is 0 Å². The molecule has 0 aromatic carbocycles. The second-order valence-electron chi connectivity index (χ2n) is 5.13. The molecule has 0 radical (unpaired) electrons. The summed E-state index contributed by atoms with van der Waals surface area (Å²) in [6.45, 7) is 6.56. The summed E-state index contributed by atoms with van der Waals surface area (Å²) < 4.78 is 0. The van der Waals surface area contributed by atoms with Gasteiger partial charge >= 0.3 is 0 Å². The molecule has 1 aromatic heterocycles. The summed E-state index contributed by atoms with van der Waals surface area (Å²) in [6, 6.07) is 1.95. The second kappa shape index (κ2) is 3.70. The smallest absolute Gasteiger partial charge is 0.225 e. The van der Waals surface area contributed by atoms with Crippen LogP contribution in [0.1, 0.15) is 18.5 Å². The number of nitrogens with one attached hydrogen (secondary N) is 1. The Balaban J connectivity index is 1.79. The van der Waals surface area contributed by atoms with Crippen LogP contribution < -0.4 is 10.2 Å². The van der Waals surface area contributed by atoms with Crippen molar-refractivity contribution in [3.8, 4) is 0 Å². The van der Waals surface area contributed by atoms with Crippen molar-refractivity contribution in [2.24, 2.45) is 5.41 Å². The van der Waals surface area contributed by atoms with Gasteiger partial charge in [-0.25, -0.2) is 9.97 Å². The van der Waals surface area contributed by atoms with Crippen LogP contribution in [-0.2, 0) is 0 Å². The van der Waals surface area contributed by atoms with Crippen LogP contribution in [0.5, 0.6) is 0 Å². The Morgan fingerprint density at radius 2 is 2.31 bits per heavy atom. The summed E-state index contributed by atoms with van der Waals surface area (Å²) in [5, 5.41) is 3.39. The minimum absolute atomic E-state index is 0.505. The highest BCUT2D eigenvalue weighted by Crippen LogP contribution is 2.34. The molecular formula is C12H18N4. The number of hydrogen-bond donors (Lipinski definition) is 1. The number of hydrogen-bond acceptors (Lipinski definition) is 4. The Labute approximate surface area is 96.1 Å². The molecule has 0 atom stereocenters. The molecular weight excluding hydrogens is 200 g/mol. The van der Waals surface area contributed by atoms with Gasteiger partial charge in [-0.15, -0.1) is 0 Å². The van der Waals surface area contributed by atoms with Gasteiger partial charge in [0, 0.05) is 43.5 Å². The SMILES string of the molecule is Cc1ccnc(N2CCCC3(CNC3)C2)n1. The van der Waals surface area contributed by atoms with Crippen molar-refractivity contribution < 1.29 is 0 Å². The van der Waals surface area contributed by atoms with Gasteiger partial charge in [0.1, 0.15) is 0 Å². The third-order valence-electron chi connectivity index (χ3n) is 3.73. The molecule has 0 bridgehead atoms. The monoisotopic (exact) mass is 218 g/mol. The fraction of sp³-hybridized carbons (Fsp3) is 0.667. The number of rotatable bonds is 1. The van der Waals surface area contributed by atoms with E-state index in [9.17, 15) is 0 Å². The number of anilines is 1. The minimum Gasteiger partial charge on any atom is -0.340 e. The van der Waals surface area contributed by atoms with Crippen LogP contribution in [0.3, 0.4) is 0 Å². The molecule has 4 nitrogen and oxygen atoms in total. The maximum Gasteiger partial charge on any atom is 0.225 e. The normalized spacial score (nSPS) is 23.2. The largest absolute Gasteiger partial charge is 0.340 e. The lowest BCUT2D eigenvalue weighted by Gasteiger charge is -2.49.